The van der Waals surface area contributed by atoms with Crippen molar-refractivity contribution in [1.82, 2.24) is 5.32 Å². The SMILES string of the molecule is CC(C)(CCN)OCCC(C)(C)C(=O)NCCCCOc1ccc(B2OC(C)(C)C(C)(C)O2)cc1. The van der Waals surface area contributed by atoms with Gasteiger partial charge < -0.3 is 29.8 Å². The Bertz CT molecular complexity index is 792. The Hall–Kier alpha value is -1.61. The first kappa shape index (κ1) is 29.6. The van der Waals surface area contributed by atoms with Gasteiger partial charge in [0.05, 0.1) is 23.4 Å². The molecule has 1 aliphatic heterocycles. The van der Waals surface area contributed by atoms with Crippen LogP contribution in [0, 0.1) is 5.41 Å². The lowest BCUT2D eigenvalue weighted by Crippen LogP contribution is -2.41. The third-order valence-electron chi connectivity index (χ3n) is 7.11. The van der Waals surface area contributed by atoms with Gasteiger partial charge in [0.2, 0.25) is 5.91 Å². The summed E-state index contributed by atoms with van der Waals surface area (Å²) in [7, 11) is -0.370. The quantitative estimate of drug-likeness (QED) is 0.304. The van der Waals surface area contributed by atoms with E-state index < -0.39 is 5.41 Å². The molecule has 7 nitrogen and oxygen atoms in total. The van der Waals surface area contributed by atoms with E-state index in [1.165, 1.54) is 0 Å². The van der Waals surface area contributed by atoms with Gasteiger partial charge in [-0.2, -0.15) is 0 Å². The summed E-state index contributed by atoms with van der Waals surface area (Å²) in [5.41, 5.74) is 5.16. The Morgan fingerprint density at radius 2 is 1.57 bits per heavy atom. The monoisotopic (exact) mass is 490 g/mol. The van der Waals surface area contributed by atoms with Gasteiger partial charge in [-0.05, 0) is 91.4 Å². The molecule has 0 aliphatic carbocycles. The van der Waals surface area contributed by atoms with Crippen molar-refractivity contribution in [3.63, 3.8) is 0 Å². The predicted octanol–water partition coefficient (Wildman–Crippen LogP) is 3.82. The molecule has 1 fully saturated rings. The molecule has 1 aromatic carbocycles. The Morgan fingerprint density at radius 1 is 0.971 bits per heavy atom. The molecule has 3 N–H and O–H groups in total. The lowest BCUT2D eigenvalue weighted by Gasteiger charge is -2.32. The average molecular weight is 490 g/mol. The topological polar surface area (TPSA) is 92.0 Å². The molecule has 0 radical (unpaired) electrons. The Labute approximate surface area is 212 Å². The highest BCUT2D eigenvalue weighted by molar-refractivity contribution is 6.62. The van der Waals surface area contributed by atoms with Crippen molar-refractivity contribution < 1.29 is 23.6 Å². The molecule has 1 aliphatic rings. The van der Waals surface area contributed by atoms with E-state index in [0.717, 1.165) is 30.5 Å². The molecule has 0 saturated carbocycles. The fourth-order valence-corrected chi connectivity index (χ4v) is 3.67. The molecular weight excluding hydrogens is 443 g/mol. The van der Waals surface area contributed by atoms with E-state index >= 15 is 0 Å². The number of carbonyl (C=O) groups excluding carboxylic acids is 1. The van der Waals surface area contributed by atoms with Crippen molar-refractivity contribution >= 4 is 18.5 Å². The first-order valence-electron chi connectivity index (χ1n) is 12.9. The molecule has 1 saturated heterocycles. The van der Waals surface area contributed by atoms with Crippen LogP contribution in [0.3, 0.4) is 0 Å². The van der Waals surface area contributed by atoms with E-state index in [0.29, 0.717) is 32.7 Å². The first-order valence-corrected chi connectivity index (χ1v) is 12.9. The molecule has 0 aromatic heterocycles. The normalized spacial score (nSPS) is 17.5. The third kappa shape index (κ3) is 8.78. The van der Waals surface area contributed by atoms with Gasteiger partial charge in [-0.1, -0.05) is 26.0 Å². The number of nitrogens with two attached hydrogens (primary N) is 1. The second-order valence-corrected chi connectivity index (χ2v) is 11.7. The number of amides is 1. The third-order valence-corrected chi connectivity index (χ3v) is 7.11. The van der Waals surface area contributed by atoms with E-state index in [1.54, 1.807) is 0 Å². The lowest BCUT2D eigenvalue weighted by molar-refractivity contribution is -0.131. The molecule has 198 valence electrons. The first-order chi connectivity index (χ1) is 16.2. The van der Waals surface area contributed by atoms with Crippen LogP contribution in [-0.4, -0.2) is 56.1 Å². The molecular formula is C27H47BN2O5. The number of carbonyl (C=O) groups is 1. The molecule has 0 unspecified atom stereocenters. The van der Waals surface area contributed by atoms with E-state index in [-0.39, 0.29) is 29.8 Å². The van der Waals surface area contributed by atoms with Crippen molar-refractivity contribution in [2.75, 3.05) is 26.3 Å². The highest BCUT2D eigenvalue weighted by Gasteiger charge is 2.51. The summed E-state index contributed by atoms with van der Waals surface area (Å²) in [6.45, 7) is 18.5. The Morgan fingerprint density at radius 3 is 2.14 bits per heavy atom. The zero-order chi connectivity index (χ0) is 26.3. The van der Waals surface area contributed by atoms with Crippen molar-refractivity contribution in [3.8, 4) is 5.75 Å². The van der Waals surface area contributed by atoms with Crippen LogP contribution in [-0.2, 0) is 18.8 Å². The highest BCUT2D eigenvalue weighted by Crippen LogP contribution is 2.36. The maximum absolute atomic E-state index is 12.6. The molecule has 1 amide bonds. The van der Waals surface area contributed by atoms with Gasteiger partial charge in [0.25, 0.3) is 0 Å². The van der Waals surface area contributed by atoms with Gasteiger partial charge in [0, 0.05) is 18.6 Å². The lowest BCUT2D eigenvalue weighted by atomic mass is 9.79. The molecule has 0 spiro atoms. The minimum absolute atomic E-state index is 0.0527. The summed E-state index contributed by atoms with van der Waals surface area (Å²) in [4.78, 5) is 12.6. The Balaban J connectivity index is 1.64. The zero-order valence-corrected chi connectivity index (χ0v) is 23.2. The average Bonchev–Trinajstić information content (AvgIpc) is 2.97. The molecule has 8 heteroatoms. The summed E-state index contributed by atoms with van der Waals surface area (Å²) in [6.07, 6.45) is 3.17. The summed E-state index contributed by atoms with van der Waals surface area (Å²) >= 11 is 0. The zero-order valence-electron chi connectivity index (χ0n) is 23.2. The summed E-state index contributed by atoms with van der Waals surface area (Å²) in [6, 6.07) is 7.87. The summed E-state index contributed by atoms with van der Waals surface area (Å²) in [5.74, 6) is 0.866. The van der Waals surface area contributed by atoms with Gasteiger partial charge in [-0.3, -0.25) is 4.79 Å². The van der Waals surface area contributed by atoms with Crippen molar-refractivity contribution in [1.29, 1.82) is 0 Å². The van der Waals surface area contributed by atoms with Crippen LogP contribution in [0.25, 0.3) is 0 Å². The smallest absolute Gasteiger partial charge is 0.494 e. The largest absolute Gasteiger partial charge is 0.494 e. The van der Waals surface area contributed by atoms with Gasteiger partial charge in [-0.15, -0.1) is 0 Å². The van der Waals surface area contributed by atoms with Crippen LogP contribution >= 0.6 is 0 Å². The number of hydrogen-bond donors (Lipinski definition) is 2. The van der Waals surface area contributed by atoms with Crippen LogP contribution in [0.4, 0.5) is 0 Å². The number of unbranched alkanes of at least 4 members (excludes halogenated alkanes) is 1. The number of rotatable bonds is 14. The van der Waals surface area contributed by atoms with Crippen LogP contribution in [0.2, 0.25) is 0 Å². The summed E-state index contributed by atoms with van der Waals surface area (Å²) in [5, 5.41) is 3.05. The van der Waals surface area contributed by atoms with Crippen molar-refractivity contribution in [3.05, 3.63) is 24.3 Å². The Kier molecular flexibility index (Phi) is 10.2. The summed E-state index contributed by atoms with van der Waals surface area (Å²) < 4.78 is 24.0. The van der Waals surface area contributed by atoms with Crippen LogP contribution < -0.4 is 21.3 Å². The molecule has 35 heavy (non-hydrogen) atoms. The fourth-order valence-electron chi connectivity index (χ4n) is 3.67. The van der Waals surface area contributed by atoms with Crippen LogP contribution in [0.5, 0.6) is 5.75 Å². The number of benzene rings is 1. The van der Waals surface area contributed by atoms with Gasteiger partial charge in [0.15, 0.2) is 0 Å². The number of hydrogen-bond acceptors (Lipinski definition) is 6. The standard InChI is InChI=1S/C27H47BN2O5/c1-24(2,16-20-33-25(3,4)15-17-29)23(31)30-18-9-10-19-32-22-13-11-21(12-14-22)28-34-26(5,6)27(7,8)35-28/h11-14H,9-10,15-20,29H2,1-8H3,(H,30,31). The fraction of sp³-hybridized carbons (Fsp3) is 0.741. The minimum atomic E-state index is -0.478. The van der Waals surface area contributed by atoms with Crippen molar-refractivity contribution in [2.45, 2.75) is 97.9 Å². The predicted molar refractivity (Wildman–Crippen MR) is 142 cm³/mol. The van der Waals surface area contributed by atoms with Gasteiger partial charge in [-0.25, -0.2) is 0 Å². The maximum atomic E-state index is 12.6. The second kappa shape index (κ2) is 12.1. The minimum Gasteiger partial charge on any atom is -0.494 e. The number of ether oxygens (including phenoxy) is 2. The molecule has 1 heterocycles. The van der Waals surface area contributed by atoms with Gasteiger partial charge in [0.1, 0.15) is 5.75 Å². The van der Waals surface area contributed by atoms with Crippen LogP contribution in [0.1, 0.15) is 81.1 Å². The molecule has 1 aromatic rings. The molecule has 2 rings (SSSR count). The van der Waals surface area contributed by atoms with E-state index in [9.17, 15) is 4.79 Å². The van der Waals surface area contributed by atoms with E-state index in [4.69, 9.17) is 24.5 Å². The van der Waals surface area contributed by atoms with E-state index in [1.807, 2.05) is 79.7 Å². The molecule has 0 bridgehead atoms. The second-order valence-electron chi connectivity index (χ2n) is 11.7. The van der Waals surface area contributed by atoms with Crippen molar-refractivity contribution in [2.24, 2.45) is 11.1 Å². The van der Waals surface area contributed by atoms with Gasteiger partial charge >= 0.3 is 7.12 Å². The van der Waals surface area contributed by atoms with E-state index in [2.05, 4.69) is 5.32 Å². The van der Waals surface area contributed by atoms with Crippen LogP contribution in [0.15, 0.2) is 24.3 Å². The number of nitrogens with one attached hydrogen (secondary N) is 1. The molecule has 0 atom stereocenters. The highest BCUT2D eigenvalue weighted by atomic mass is 16.7. The maximum Gasteiger partial charge on any atom is 0.494 e.